The number of carbonyl (C=O) groups is 2. The highest BCUT2D eigenvalue weighted by Gasteiger charge is 2.38. The van der Waals surface area contributed by atoms with Gasteiger partial charge < -0.3 is 9.80 Å². The molecule has 1 fully saturated rings. The van der Waals surface area contributed by atoms with Gasteiger partial charge in [0.2, 0.25) is 11.8 Å². The molecular formula is C59H51N9O2. The Hall–Kier alpha value is -8.70. The molecule has 1 saturated heterocycles. The molecule has 0 atom stereocenters. The predicted octanol–water partition coefficient (Wildman–Crippen LogP) is 12.8. The van der Waals surface area contributed by atoms with E-state index >= 15 is 0 Å². The lowest BCUT2D eigenvalue weighted by Crippen LogP contribution is -2.46. The highest BCUT2D eigenvalue weighted by atomic mass is 16.2. The van der Waals surface area contributed by atoms with E-state index in [-0.39, 0.29) is 23.1 Å². The molecule has 1 aliphatic heterocycles. The van der Waals surface area contributed by atoms with Crippen LogP contribution in [-0.4, -0.2) is 31.9 Å². The fraction of sp³-hybridized carbons (Fsp3) is 0.153. The Kier molecular flexibility index (Phi) is 11.3. The number of benzene rings is 8. The fourth-order valence-corrected chi connectivity index (χ4v) is 9.58. The first-order valence-electron chi connectivity index (χ1n) is 23.7. The molecule has 11 heteroatoms. The van der Waals surface area contributed by atoms with E-state index in [1.54, 1.807) is 21.7 Å². The Balaban J connectivity index is 1.09. The maximum absolute atomic E-state index is 13.3. The van der Waals surface area contributed by atoms with Crippen molar-refractivity contribution in [2.24, 2.45) is 11.3 Å². The summed E-state index contributed by atoms with van der Waals surface area (Å²) in [5.74, 6) is -0.121. The third-order valence-corrected chi connectivity index (χ3v) is 12.7. The molecule has 11 nitrogen and oxygen atoms in total. The summed E-state index contributed by atoms with van der Waals surface area (Å²) in [6.07, 6.45) is 0.588. The van der Waals surface area contributed by atoms with E-state index in [1.165, 1.54) is 4.90 Å². The van der Waals surface area contributed by atoms with Gasteiger partial charge in [-0.1, -0.05) is 125 Å². The summed E-state index contributed by atoms with van der Waals surface area (Å²) in [6.45, 7) is 8.85. The van der Waals surface area contributed by atoms with Gasteiger partial charge in [-0.3, -0.25) is 14.5 Å². The number of hydrogen-bond donors (Lipinski definition) is 0. The maximum atomic E-state index is 13.3. The van der Waals surface area contributed by atoms with Crippen molar-refractivity contribution in [3.63, 3.8) is 0 Å². The van der Waals surface area contributed by atoms with Gasteiger partial charge in [0.1, 0.15) is 11.0 Å². The van der Waals surface area contributed by atoms with E-state index in [1.807, 2.05) is 50.2 Å². The topological polar surface area (TPSA) is 105 Å². The number of carbonyl (C=O) groups excluding carboxylic acids is 2. The van der Waals surface area contributed by atoms with E-state index in [0.717, 1.165) is 56.4 Å². The quantitative estimate of drug-likeness (QED) is 0.0881. The number of nitrogens with zero attached hydrogens (tertiary/aromatic N) is 9. The van der Waals surface area contributed by atoms with Gasteiger partial charge in [-0.25, -0.2) is 0 Å². The standard InChI is InChI=1S/C59H51N9O2/c1-40(2)39-64-60-55-53(41-25-29-47(30-26-41)65(43-17-9-5-10-18-43)44-19-11-6-12-20-44)57-58(63-68(62-57)50-35-33-49(34-36-50)67-51(69)37-59(3,4)38-52(67)70)54(56(55)61-64)42-27-31-48(32-28-42)66(45-21-13-7-14-22-45)46-23-15-8-16-24-46/h5-36,40H,37-39H2,1-4H3. The van der Waals surface area contributed by atoms with E-state index in [2.05, 4.69) is 169 Å². The first-order valence-corrected chi connectivity index (χ1v) is 23.7. The summed E-state index contributed by atoms with van der Waals surface area (Å²) in [5, 5.41) is 21.1. The van der Waals surface area contributed by atoms with Crippen LogP contribution in [0.1, 0.15) is 40.5 Å². The van der Waals surface area contributed by atoms with Crippen LogP contribution in [-0.2, 0) is 16.1 Å². The lowest BCUT2D eigenvalue weighted by Gasteiger charge is -2.34. The summed E-state index contributed by atoms with van der Waals surface area (Å²) in [7, 11) is 0. The van der Waals surface area contributed by atoms with Crippen LogP contribution in [0, 0.1) is 11.3 Å². The zero-order chi connectivity index (χ0) is 47.9. The molecular weight excluding hydrogens is 867 g/mol. The highest BCUT2D eigenvalue weighted by molar-refractivity contribution is 6.17. The zero-order valence-corrected chi connectivity index (χ0v) is 39.5. The average Bonchev–Trinajstić information content (AvgIpc) is 3.99. The maximum Gasteiger partial charge on any atom is 0.234 e. The predicted molar refractivity (Wildman–Crippen MR) is 278 cm³/mol. The lowest BCUT2D eigenvalue weighted by atomic mass is 9.81. The molecule has 344 valence electrons. The Morgan fingerprint density at radius 1 is 0.514 bits per heavy atom. The number of imide groups is 1. The number of piperidine rings is 1. The monoisotopic (exact) mass is 917 g/mol. The minimum atomic E-state index is -0.378. The largest absolute Gasteiger partial charge is 0.311 e. The smallest absolute Gasteiger partial charge is 0.234 e. The molecule has 2 aromatic heterocycles. The van der Waals surface area contributed by atoms with Crippen molar-refractivity contribution < 1.29 is 14.4 Å². The van der Waals surface area contributed by atoms with Gasteiger partial charge in [-0.2, -0.15) is 19.8 Å². The second-order valence-electron chi connectivity index (χ2n) is 19.0. The van der Waals surface area contributed by atoms with Crippen LogP contribution < -0.4 is 24.6 Å². The molecule has 0 spiro atoms. The number of para-hydroxylation sites is 4. The van der Waals surface area contributed by atoms with Gasteiger partial charge in [0, 0.05) is 75.0 Å². The van der Waals surface area contributed by atoms with Crippen LogP contribution in [0.15, 0.2) is 194 Å². The van der Waals surface area contributed by atoms with Crippen molar-refractivity contribution in [3.8, 4) is 27.9 Å². The molecule has 0 radical (unpaired) electrons. The Morgan fingerprint density at radius 3 is 1.33 bits per heavy atom. The first-order chi connectivity index (χ1) is 34.1. The molecule has 3 heterocycles. The summed E-state index contributed by atoms with van der Waals surface area (Å²) in [6, 6.07) is 65.8. The third kappa shape index (κ3) is 8.36. The van der Waals surface area contributed by atoms with Gasteiger partial charge in [0.25, 0.3) is 0 Å². The second kappa shape index (κ2) is 18.1. The minimum absolute atomic E-state index is 0.205. The number of rotatable bonds is 12. The molecule has 2 amide bonds. The van der Waals surface area contributed by atoms with Gasteiger partial charge in [0.05, 0.1) is 11.4 Å². The van der Waals surface area contributed by atoms with E-state index < -0.39 is 0 Å². The molecule has 0 unspecified atom stereocenters. The van der Waals surface area contributed by atoms with Crippen LogP contribution in [0.4, 0.5) is 39.8 Å². The number of anilines is 7. The molecule has 11 rings (SSSR count). The van der Waals surface area contributed by atoms with E-state index in [4.69, 9.17) is 20.4 Å². The van der Waals surface area contributed by atoms with Crippen molar-refractivity contribution in [2.45, 2.75) is 47.1 Å². The summed E-state index contributed by atoms with van der Waals surface area (Å²) >= 11 is 0. The van der Waals surface area contributed by atoms with Gasteiger partial charge >= 0.3 is 0 Å². The SMILES string of the molecule is CC(C)C[n+]1nc2c(-c3ccc(N(c4ccccc4)c4ccccc4)cc3)c3nn(-c4ccc(N5C(=O)CC(C)(C)CC5=O)cc4)nc3c(-c3ccc(N(c4ccccc4)c4ccccc4)cc3)c2[n-]1. The van der Waals surface area contributed by atoms with Crippen molar-refractivity contribution in [3.05, 3.63) is 194 Å². The fourth-order valence-electron chi connectivity index (χ4n) is 9.58. The Morgan fingerprint density at radius 2 is 0.900 bits per heavy atom. The van der Waals surface area contributed by atoms with Crippen LogP contribution in [0.3, 0.4) is 0 Å². The second-order valence-corrected chi connectivity index (χ2v) is 19.0. The number of amides is 2. The van der Waals surface area contributed by atoms with E-state index in [0.29, 0.717) is 52.8 Å². The number of fused-ring (bicyclic) bond motifs is 2. The van der Waals surface area contributed by atoms with Crippen molar-refractivity contribution in [1.29, 1.82) is 0 Å². The van der Waals surface area contributed by atoms with E-state index in [9.17, 15) is 9.59 Å². The zero-order valence-electron chi connectivity index (χ0n) is 39.5. The summed E-state index contributed by atoms with van der Waals surface area (Å²) in [4.78, 5) is 35.8. The summed E-state index contributed by atoms with van der Waals surface area (Å²) in [5.41, 5.74) is 13.1. The van der Waals surface area contributed by atoms with Gasteiger partial charge in [-0.15, -0.1) is 10.2 Å². The molecule has 0 saturated carbocycles. The highest BCUT2D eigenvalue weighted by Crippen LogP contribution is 2.44. The molecule has 0 N–H and O–H groups in total. The third-order valence-electron chi connectivity index (χ3n) is 12.7. The average molecular weight is 918 g/mol. The van der Waals surface area contributed by atoms with Crippen molar-refractivity contribution in [1.82, 2.24) is 25.2 Å². The Labute approximate surface area is 406 Å². The van der Waals surface area contributed by atoms with Gasteiger partial charge in [-0.05, 0) is 114 Å². The lowest BCUT2D eigenvalue weighted by molar-refractivity contribution is -0.808. The number of hydrogen-bond acceptors (Lipinski definition) is 7. The number of aromatic nitrogens is 6. The normalized spacial score (nSPS) is 13.6. The van der Waals surface area contributed by atoms with Crippen molar-refractivity contribution >= 4 is 73.7 Å². The van der Waals surface area contributed by atoms with Crippen molar-refractivity contribution in [2.75, 3.05) is 14.7 Å². The van der Waals surface area contributed by atoms with Crippen LogP contribution in [0.5, 0.6) is 0 Å². The van der Waals surface area contributed by atoms with Crippen LogP contribution >= 0.6 is 0 Å². The first kappa shape index (κ1) is 43.8. The molecule has 0 bridgehead atoms. The molecule has 1 aliphatic rings. The van der Waals surface area contributed by atoms with Gasteiger partial charge in [0.15, 0.2) is 6.54 Å². The Bertz CT molecular complexity index is 3200. The van der Waals surface area contributed by atoms with Crippen LogP contribution in [0.2, 0.25) is 0 Å². The molecule has 0 aliphatic carbocycles. The summed E-state index contributed by atoms with van der Waals surface area (Å²) < 4.78 is 0. The van der Waals surface area contributed by atoms with Crippen LogP contribution in [0.25, 0.3) is 50.0 Å². The molecule has 70 heavy (non-hydrogen) atoms. The molecule has 8 aromatic carbocycles. The minimum Gasteiger partial charge on any atom is -0.311 e. The molecule has 10 aromatic rings.